The zero-order valence-electron chi connectivity index (χ0n) is 18.0. The van der Waals surface area contributed by atoms with E-state index in [1.54, 1.807) is 12.1 Å². The lowest BCUT2D eigenvalue weighted by atomic mass is 9.88. The number of H-pyrrole nitrogens is 1. The summed E-state index contributed by atoms with van der Waals surface area (Å²) >= 11 is 0. The number of Topliss-reactive ketones (excluding diaryl/α,β-unsaturated/α-hetero) is 1. The number of ketones is 1. The molecule has 0 bridgehead atoms. The largest absolute Gasteiger partial charge is 0.481 e. The molecule has 1 heterocycles. The number of aliphatic carboxylic acids is 1. The van der Waals surface area contributed by atoms with Crippen molar-refractivity contribution in [2.45, 2.75) is 19.3 Å². The molecular formula is C26H21F2N3O3. The maximum atomic E-state index is 13.4. The van der Waals surface area contributed by atoms with Crippen LogP contribution in [0.1, 0.15) is 29.6 Å². The summed E-state index contributed by atoms with van der Waals surface area (Å²) in [5.74, 6) is -3.60. The van der Waals surface area contributed by atoms with Crippen molar-refractivity contribution < 1.29 is 23.5 Å². The minimum Gasteiger partial charge on any atom is -0.481 e. The number of rotatable bonds is 6. The lowest BCUT2D eigenvalue weighted by Crippen LogP contribution is -2.25. The van der Waals surface area contributed by atoms with Crippen LogP contribution in [0.5, 0.6) is 0 Å². The molecular weight excluding hydrogens is 440 g/mol. The molecule has 172 valence electrons. The third-order valence-electron chi connectivity index (χ3n) is 6.34. The van der Waals surface area contributed by atoms with Gasteiger partial charge in [0.1, 0.15) is 0 Å². The molecule has 0 amide bonds. The summed E-state index contributed by atoms with van der Waals surface area (Å²) in [6.45, 7) is 0. The fraction of sp³-hybridized carbons (Fsp3) is 0.192. The van der Waals surface area contributed by atoms with E-state index in [0.717, 1.165) is 35.4 Å². The van der Waals surface area contributed by atoms with Gasteiger partial charge in [0.15, 0.2) is 17.4 Å². The first kappa shape index (κ1) is 21.8. The first-order valence-corrected chi connectivity index (χ1v) is 11.0. The van der Waals surface area contributed by atoms with Gasteiger partial charge in [-0.25, -0.2) is 13.8 Å². The van der Waals surface area contributed by atoms with Gasteiger partial charge in [-0.1, -0.05) is 42.8 Å². The molecule has 2 atom stereocenters. The summed E-state index contributed by atoms with van der Waals surface area (Å²) in [6, 6.07) is 16.8. The van der Waals surface area contributed by atoms with E-state index >= 15 is 0 Å². The van der Waals surface area contributed by atoms with Crippen LogP contribution in [-0.2, 0) is 4.79 Å². The highest BCUT2D eigenvalue weighted by Gasteiger charge is 2.37. The number of aromatic nitrogens is 2. The summed E-state index contributed by atoms with van der Waals surface area (Å²) in [5.41, 5.74) is 3.82. The minimum absolute atomic E-state index is 0.110. The van der Waals surface area contributed by atoms with Crippen molar-refractivity contribution in [3.63, 3.8) is 0 Å². The van der Waals surface area contributed by atoms with Crippen molar-refractivity contribution >= 4 is 34.4 Å². The molecule has 0 radical (unpaired) electrons. The van der Waals surface area contributed by atoms with E-state index in [1.807, 2.05) is 36.4 Å². The van der Waals surface area contributed by atoms with Gasteiger partial charge in [-0.05, 0) is 36.1 Å². The van der Waals surface area contributed by atoms with E-state index in [-0.39, 0.29) is 5.78 Å². The molecule has 0 aliphatic heterocycles. The fourth-order valence-electron chi connectivity index (χ4n) is 4.56. The van der Waals surface area contributed by atoms with Crippen LogP contribution >= 0.6 is 0 Å². The average Bonchev–Trinajstić information content (AvgIpc) is 3.47. The van der Waals surface area contributed by atoms with E-state index in [9.17, 15) is 23.5 Å². The Balaban J connectivity index is 1.29. The Labute approximate surface area is 193 Å². The number of benzene rings is 3. The first-order valence-electron chi connectivity index (χ1n) is 11.0. The number of carbonyl (C=O) groups excluding carboxylic acids is 1. The number of carboxylic acids is 1. The second-order valence-corrected chi connectivity index (χ2v) is 8.49. The Morgan fingerprint density at radius 1 is 0.912 bits per heavy atom. The number of nitrogens with zero attached hydrogens (tertiary/aromatic N) is 1. The quantitative estimate of drug-likeness (QED) is 0.309. The highest BCUT2D eigenvalue weighted by molar-refractivity contribution is 6.00. The number of nitrogens with one attached hydrogen (secondary N) is 2. The molecule has 4 aromatic rings. The molecule has 3 aromatic carbocycles. The van der Waals surface area contributed by atoms with E-state index in [4.69, 9.17) is 0 Å². The molecule has 1 fully saturated rings. The van der Waals surface area contributed by atoms with Gasteiger partial charge in [-0.15, -0.1) is 0 Å². The van der Waals surface area contributed by atoms with Crippen molar-refractivity contribution in [3.8, 4) is 11.1 Å². The second-order valence-electron chi connectivity index (χ2n) is 8.49. The van der Waals surface area contributed by atoms with Crippen LogP contribution < -0.4 is 5.32 Å². The van der Waals surface area contributed by atoms with E-state index in [2.05, 4.69) is 15.3 Å². The molecule has 1 aromatic heterocycles. The van der Waals surface area contributed by atoms with E-state index in [0.29, 0.717) is 35.4 Å². The van der Waals surface area contributed by atoms with Crippen LogP contribution in [-0.4, -0.2) is 26.8 Å². The molecule has 0 spiro atoms. The van der Waals surface area contributed by atoms with Crippen LogP contribution in [0.15, 0.2) is 60.7 Å². The number of hydrogen-bond acceptors (Lipinski definition) is 4. The molecule has 1 aliphatic carbocycles. The lowest BCUT2D eigenvalue weighted by molar-refractivity contribution is -0.142. The number of hydrogen-bond donors (Lipinski definition) is 3. The Bertz CT molecular complexity index is 1340. The molecule has 34 heavy (non-hydrogen) atoms. The molecule has 0 saturated heterocycles. The Hall–Kier alpha value is -4.07. The van der Waals surface area contributed by atoms with Crippen molar-refractivity contribution in [2.24, 2.45) is 11.8 Å². The van der Waals surface area contributed by atoms with Crippen molar-refractivity contribution in [2.75, 3.05) is 5.32 Å². The molecule has 8 heteroatoms. The second kappa shape index (κ2) is 8.70. The van der Waals surface area contributed by atoms with Gasteiger partial charge >= 0.3 is 5.97 Å². The summed E-state index contributed by atoms with van der Waals surface area (Å²) in [5, 5.41) is 12.4. The smallest absolute Gasteiger partial charge is 0.307 e. The van der Waals surface area contributed by atoms with Crippen molar-refractivity contribution in [3.05, 3.63) is 77.9 Å². The summed E-state index contributed by atoms with van der Waals surface area (Å²) in [6.07, 6.45) is 1.92. The van der Waals surface area contributed by atoms with E-state index in [1.165, 1.54) is 0 Å². The molecule has 5 rings (SSSR count). The first-order chi connectivity index (χ1) is 16.4. The number of halogens is 2. The normalized spacial score (nSPS) is 17.7. The van der Waals surface area contributed by atoms with Gasteiger partial charge in [0.05, 0.1) is 17.0 Å². The van der Waals surface area contributed by atoms with Crippen LogP contribution in [0.2, 0.25) is 0 Å². The van der Waals surface area contributed by atoms with Gasteiger partial charge in [0.2, 0.25) is 5.95 Å². The maximum Gasteiger partial charge on any atom is 0.307 e. The summed E-state index contributed by atoms with van der Waals surface area (Å²) in [4.78, 5) is 31.4. The van der Waals surface area contributed by atoms with E-state index < -0.39 is 29.4 Å². The molecule has 6 nitrogen and oxygen atoms in total. The molecule has 0 unspecified atom stereocenters. The van der Waals surface area contributed by atoms with Crippen molar-refractivity contribution in [1.29, 1.82) is 0 Å². The zero-order chi connectivity index (χ0) is 23.8. The van der Waals surface area contributed by atoms with Crippen LogP contribution in [0, 0.1) is 23.5 Å². The topological polar surface area (TPSA) is 95.1 Å². The number of imidazole rings is 1. The van der Waals surface area contributed by atoms with Crippen molar-refractivity contribution in [1.82, 2.24) is 9.97 Å². The van der Waals surface area contributed by atoms with Gasteiger partial charge in [-0.2, -0.15) is 0 Å². The summed E-state index contributed by atoms with van der Waals surface area (Å²) < 4.78 is 26.8. The standard InChI is InChI=1S/C26H21F2N3O3/c27-20-12-22-23(13-21(20)28)31-26(30-22)29-17-10-8-15(9-11-17)14-4-6-16(7-5-14)24(32)18-2-1-3-19(18)25(33)34/h4-13,18-19H,1-3H2,(H,33,34)(H2,29,30,31)/t18-,19-/m1/s1. The average molecular weight is 461 g/mol. The van der Waals surface area contributed by atoms with Gasteiger partial charge in [0, 0.05) is 29.3 Å². The Morgan fingerprint density at radius 3 is 2.21 bits per heavy atom. The van der Waals surface area contributed by atoms with Gasteiger partial charge in [0.25, 0.3) is 0 Å². The highest BCUT2D eigenvalue weighted by atomic mass is 19.2. The third-order valence-corrected chi connectivity index (χ3v) is 6.34. The maximum absolute atomic E-state index is 13.4. The Morgan fingerprint density at radius 2 is 1.53 bits per heavy atom. The van der Waals surface area contributed by atoms with Crippen LogP contribution in [0.3, 0.4) is 0 Å². The predicted molar refractivity (Wildman–Crippen MR) is 124 cm³/mol. The van der Waals surface area contributed by atoms with Crippen LogP contribution in [0.25, 0.3) is 22.2 Å². The van der Waals surface area contributed by atoms with Crippen LogP contribution in [0.4, 0.5) is 20.4 Å². The zero-order valence-corrected chi connectivity index (χ0v) is 18.0. The van der Waals surface area contributed by atoms with Gasteiger partial charge < -0.3 is 15.4 Å². The number of anilines is 2. The predicted octanol–water partition coefficient (Wildman–Crippen LogP) is 5.94. The number of carbonyl (C=O) groups is 2. The number of carboxylic acid groups (broad SMARTS) is 1. The minimum atomic E-state index is -0.951. The molecule has 1 saturated carbocycles. The fourth-order valence-corrected chi connectivity index (χ4v) is 4.56. The molecule has 1 aliphatic rings. The number of fused-ring (bicyclic) bond motifs is 1. The molecule has 3 N–H and O–H groups in total. The van der Waals surface area contributed by atoms with Gasteiger partial charge in [-0.3, -0.25) is 9.59 Å². The SMILES string of the molecule is O=C(O)[C@@H]1CCC[C@H]1C(=O)c1ccc(-c2ccc(Nc3nc4cc(F)c(F)cc4[nH]3)cc2)cc1. The Kier molecular flexibility index (Phi) is 5.57. The lowest BCUT2D eigenvalue weighted by Gasteiger charge is -2.14. The summed E-state index contributed by atoms with van der Waals surface area (Å²) in [7, 11) is 0. The number of aromatic amines is 1. The third kappa shape index (κ3) is 4.14. The monoisotopic (exact) mass is 461 g/mol. The highest BCUT2D eigenvalue weighted by Crippen LogP contribution is 2.35.